The lowest BCUT2D eigenvalue weighted by Gasteiger charge is -2.20. The predicted molar refractivity (Wildman–Crippen MR) is 80.5 cm³/mol. The van der Waals surface area contributed by atoms with E-state index in [4.69, 9.17) is 5.73 Å². The van der Waals surface area contributed by atoms with Crippen LogP contribution in [0.25, 0.3) is 10.8 Å². The van der Waals surface area contributed by atoms with Gasteiger partial charge in [-0.05, 0) is 30.4 Å². The minimum atomic E-state index is 0.00963. The summed E-state index contributed by atoms with van der Waals surface area (Å²) in [5.41, 5.74) is 7.15. The molecular formula is C16H19N3O. The number of benzene rings is 1. The van der Waals surface area contributed by atoms with Gasteiger partial charge in [-0.3, -0.25) is 9.78 Å². The summed E-state index contributed by atoms with van der Waals surface area (Å²) < 4.78 is 0. The van der Waals surface area contributed by atoms with E-state index in [1.165, 1.54) is 12.8 Å². The molecule has 4 nitrogen and oxygen atoms in total. The standard InChI is InChI=1S/C16H19N3O/c17-13-7-5-6-12-8-9-18-15(14(12)13)16(20)19-10-3-1-2-4-11-19/h5-9H,1-4,10-11,17H2. The van der Waals surface area contributed by atoms with E-state index in [1.54, 1.807) is 6.20 Å². The Morgan fingerprint density at radius 2 is 1.85 bits per heavy atom. The second-order valence-electron chi connectivity index (χ2n) is 5.31. The third-order valence-electron chi connectivity index (χ3n) is 3.92. The van der Waals surface area contributed by atoms with Gasteiger partial charge in [0.15, 0.2) is 0 Å². The van der Waals surface area contributed by atoms with Crippen LogP contribution in [0.5, 0.6) is 0 Å². The van der Waals surface area contributed by atoms with E-state index >= 15 is 0 Å². The molecule has 1 amide bonds. The normalized spacial score (nSPS) is 16.1. The molecule has 0 saturated carbocycles. The van der Waals surface area contributed by atoms with Crippen molar-refractivity contribution in [3.05, 3.63) is 36.2 Å². The van der Waals surface area contributed by atoms with Gasteiger partial charge in [-0.1, -0.05) is 25.0 Å². The zero-order valence-electron chi connectivity index (χ0n) is 11.5. The Kier molecular flexibility index (Phi) is 3.54. The highest BCUT2D eigenvalue weighted by Gasteiger charge is 2.21. The molecule has 0 atom stereocenters. The van der Waals surface area contributed by atoms with E-state index in [2.05, 4.69) is 4.98 Å². The Hall–Kier alpha value is -2.10. The van der Waals surface area contributed by atoms with Gasteiger partial charge >= 0.3 is 0 Å². The lowest BCUT2D eigenvalue weighted by molar-refractivity contribution is 0.0758. The molecule has 1 fully saturated rings. The molecule has 3 rings (SSSR count). The maximum atomic E-state index is 12.7. The Balaban J connectivity index is 2.02. The first kappa shape index (κ1) is 12.9. The topological polar surface area (TPSA) is 59.2 Å². The van der Waals surface area contributed by atoms with Crippen molar-refractivity contribution in [1.82, 2.24) is 9.88 Å². The van der Waals surface area contributed by atoms with Gasteiger partial charge < -0.3 is 10.6 Å². The van der Waals surface area contributed by atoms with Crippen LogP contribution in [0, 0.1) is 0 Å². The van der Waals surface area contributed by atoms with Crippen molar-refractivity contribution in [1.29, 1.82) is 0 Å². The summed E-state index contributed by atoms with van der Waals surface area (Å²) in [5, 5.41) is 1.75. The van der Waals surface area contributed by atoms with Crippen molar-refractivity contribution in [2.45, 2.75) is 25.7 Å². The quantitative estimate of drug-likeness (QED) is 0.810. The number of fused-ring (bicyclic) bond motifs is 1. The van der Waals surface area contributed by atoms with E-state index < -0.39 is 0 Å². The van der Waals surface area contributed by atoms with Crippen LogP contribution in [0.2, 0.25) is 0 Å². The highest BCUT2D eigenvalue weighted by Crippen LogP contribution is 2.25. The van der Waals surface area contributed by atoms with Gasteiger partial charge in [0, 0.05) is 30.4 Å². The monoisotopic (exact) mass is 269 g/mol. The van der Waals surface area contributed by atoms with Gasteiger partial charge in [0.1, 0.15) is 5.69 Å². The molecule has 0 spiro atoms. The number of nitrogens with two attached hydrogens (primary N) is 1. The number of anilines is 1. The van der Waals surface area contributed by atoms with E-state index in [1.807, 2.05) is 29.2 Å². The molecule has 2 N–H and O–H groups in total. The number of carbonyl (C=O) groups excluding carboxylic acids is 1. The zero-order valence-corrected chi connectivity index (χ0v) is 11.5. The molecule has 1 aliphatic heterocycles. The first-order valence-corrected chi connectivity index (χ1v) is 7.20. The van der Waals surface area contributed by atoms with Crippen LogP contribution in [0.1, 0.15) is 36.2 Å². The number of nitrogens with zero attached hydrogens (tertiary/aromatic N) is 2. The molecule has 2 heterocycles. The first-order valence-electron chi connectivity index (χ1n) is 7.20. The van der Waals surface area contributed by atoms with Crippen molar-refractivity contribution in [2.75, 3.05) is 18.8 Å². The van der Waals surface area contributed by atoms with Crippen molar-refractivity contribution in [3.63, 3.8) is 0 Å². The summed E-state index contributed by atoms with van der Waals surface area (Å²) in [4.78, 5) is 18.9. The first-order chi connectivity index (χ1) is 9.77. The maximum Gasteiger partial charge on any atom is 0.273 e. The Labute approximate surface area is 118 Å². The molecule has 104 valence electrons. The summed E-state index contributed by atoms with van der Waals surface area (Å²) in [7, 11) is 0. The van der Waals surface area contributed by atoms with Gasteiger partial charge in [-0.15, -0.1) is 0 Å². The van der Waals surface area contributed by atoms with Gasteiger partial charge in [0.2, 0.25) is 0 Å². The molecule has 0 bridgehead atoms. The minimum absolute atomic E-state index is 0.00963. The number of pyridine rings is 1. The van der Waals surface area contributed by atoms with Gasteiger partial charge in [0.05, 0.1) is 0 Å². The van der Waals surface area contributed by atoms with Crippen LogP contribution in [0.15, 0.2) is 30.5 Å². The van der Waals surface area contributed by atoms with E-state index in [-0.39, 0.29) is 5.91 Å². The van der Waals surface area contributed by atoms with Crippen molar-refractivity contribution in [3.8, 4) is 0 Å². The van der Waals surface area contributed by atoms with Crippen LogP contribution in [0.3, 0.4) is 0 Å². The number of rotatable bonds is 1. The average molecular weight is 269 g/mol. The molecular weight excluding hydrogens is 250 g/mol. The van der Waals surface area contributed by atoms with Crippen LogP contribution >= 0.6 is 0 Å². The van der Waals surface area contributed by atoms with Crippen LogP contribution in [-0.4, -0.2) is 28.9 Å². The fourth-order valence-corrected chi connectivity index (χ4v) is 2.84. The van der Waals surface area contributed by atoms with Crippen molar-refractivity contribution >= 4 is 22.4 Å². The van der Waals surface area contributed by atoms with Gasteiger partial charge in [-0.25, -0.2) is 0 Å². The smallest absolute Gasteiger partial charge is 0.273 e. The Morgan fingerprint density at radius 1 is 1.10 bits per heavy atom. The highest BCUT2D eigenvalue weighted by atomic mass is 16.2. The number of hydrogen-bond acceptors (Lipinski definition) is 3. The lowest BCUT2D eigenvalue weighted by Crippen LogP contribution is -2.32. The van der Waals surface area contributed by atoms with E-state index in [9.17, 15) is 4.79 Å². The molecule has 0 radical (unpaired) electrons. The molecule has 1 aliphatic rings. The molecule has 1 aromatic heterocycles. The molecule has 20 heavy (non-hydrogen) atoms. The van der Waals surface area contributed by atoms with Gasteiger partial charge in [-0.2, -0.15) is 0 Å². The number of aromatic nitrogens is 1. The summed E-state index contributed by atoms with van der Waals surface area (Å²) in [6.45, 7) is 1.65. The molecule has 0 aliphatic carbocycles. The average Bonchev–Trinajstić information content (AvgIpc) is 2.75. The number of carbonyl (C=O) groups is 1. The number of likely N-dealkylation sites (tertiary alicyclic amines) is 1. The third kappa shape index (κ3) is 2.33. The molecule has 0 unspecified atom stereocenters. The number of nitrogen functional groups attached to an aromatic ring is 1. The SMILES string of the molecule is Nc1cccc2ccnc(C(=O)N3CCCCCC3)c12. The summed E-state index contributed by atoms with van der Waals surface area (Å²) in [6.07, 6.45) is 6.24. The molecule has 1 saturated heterocycles. The maximum absolute atomic E-state index is 12.7. The van der Waals surface area contributed by atoms with Crippen molar-refractivity contribution < 1.29 is 4.79 Å². The van der Waals surface area contributed by atoms with Gasteiger partial charge in [0.25, 0.3) is 5.91 Å². The lowest BCUT2D eigenvalue weighted by atomic mass is 10.1. The molecule has 4 heteroatoms. The van der Waals surface area contributed by atoms with E-state index in [0.29, 0.717) is 11.4 Å². The van der Waals surface area contributed by atoms with Crippen molar-refractivity contribution in [2.24, 2.45) is 0 Å². The second kappa shape index (κ2) is 5.49. The summed E-state index contributed by atoms with van der Waals surface area (Å²) in [5.74, 6) is 0.00963. The van der Waals surface area contributed by atoms with Crippen LogP contribution in [-0.2, 0) is 0 Å². The largest absolute Gasteiger partial charge is 0.398 e. The number of hydrogen-bond donors (Lipinski definition) is 1. The Bertz CT molecular complexity index is 625. The highest BCUT2D eigenvalue weighted by molar-refractivity contribution is 6.09. The second-order valence-corrected chi connectivity index (χ2v) is 5.31. The molecule has 1 aromatic carbocycles. The summed E-state index contributed by atoms with van der Waals surface area (Å²) >= 11 is 0. The molecule has 2 aromatic rings. The van der Waals surface area contributed by atoms with Crippen LogP contribution < -0.4 is 5.73 Å². The predicted octanol–water partition coefficient (Wildman–Crippen LogP) is 2.83. The fourth-order valence-electron chi connectivity index (χ4n) is 2.84. The summed E-state index contributed by atoms with van der Waals surface area (Å²) in [6, 6.07) is 7.58. The number of amides is 1. The Morgan fingerprint density at radius 3 is 2.60 bits per heavy atom. The third-order valence-corrected chi connectivity index (χ3v) is 3.92. The fraction of sp³-hybridized carbons (Fsp3) is 0.375. The minimum Gasteiger partial charge on any atom is -0.398 e. The zero-order chi connectivity index (χ0) is 13.9. The van der Waals surface area contributed by atoms with Crippen LogP contribution in [0.4, 0.5) is 5.69 Å². The van der Waals surface area contributed by atoms with E-state index in [0.717, 1.165) is 36.7 Å².